The molecule has 0 atom stereocenters. The van der Waals surface area contributed by atoms with Crippen LogP contribution in [0.1, 0.15) is 32.2 Å². The van der Waals surface area contributed by atoms with Crippen molar-refractivity contribution in [2.45, 2.75) is 39.2 Å². The van der Waals surface area contributed by atoms with Gasteiger partial charge in [0.05, 0.1) is 0 Å². The fraction of sp³-hybridized carbons (Fsp3) is 0.467. The minimum Gasteiger partial charge on any atom is -0.312 e. The normalized spacial score (nSPS) is 11.9. The molecule has 0 bridgehead atoms. The Labute approximate surface area is 133 Å². The number of nitrogens with zero attached hydrogens (tertiary/aromatic N) is 2. The zero-order valence-corrected chi connectivity index (χ0v) is 14.0. The van der Waals surface area contributed by atoms with Crippen LogP contribution in [0.2, 0.25) is 5.02 Å². The van der Waals surface area contributed by atoms with Crippen molar-refractivity contribution in [3.05, 3.63) is 34.0 Å². The third-order valence-corrected chi connectivity index (χ3v) is 4.10. The van der Waals surface area contributed by atoms with Gasteiger partial charge in [-0.3, -0.25) is 0 Å². The first-order valence-corrected chi connectivity index (χ1v) is 8.07. The molecule has 0 fully saturated rings. The Morgan fingerprint density at radius 1 is 1.29 bits per heavy atom. The van der Waals surface area contributed by atoms with Gasteiger partial charge in [-0.1, -0.05) is 22.9 Å². The van der Waals surface area contributed by atoms with Crippen LogP contribution in [0.5, 0.6) is 0 Å². The van der Waals surface area contributed by atoms with Crippen LogP contribution in [0.25, 0.3) is 10.6 Å². The van der Waals surface area contributed by atoms with Crippen molar-refractivity contribution < 1.29 is 4.39 Å². The highest BCUT2D eigenvalue weighted by atomic mass is 35.5. The molecule has 1 heterocycles. The zero-order chi connectivity index (χ0) is 15.5. The summed E-state index contributed by atoms with van der Waals surface area (Å²) >= 11 is 7.32. The summed E-state index contributed by atoms with van der Waals surface area (Å²) in [6.07, 6.45) is 1.81. The molecule has 6 heteroatoms. The molecule has 0 amide bonds. The minimum absolute atomic E-state index is 0.121. The van der Waals surface area contributed by atoms with Crippen LogP contribution in [0.15, 0.2) is 18.2 Å². The van der Waals surface area contributed by atoms with Crippen LogP contribution in [0, 0.1) is 5.82 Å². The van der Waals surface area contributed by atoms with Crippen LogP contribution in [0.3, 0.4) is 0 Å². The quantitative estimate of drug-likeness (QED) is 0.831. The van der Waals surface area contributed by atoms with E-state index in [0.29, 0.717) is 15.6 Å². The Morgan fingerprint density at radius 3 is 2.76 bits per heavy atom. The fourth-order valence-corrected chi connectivity index (χ4v) is 2.90. The van der Waals surface area contributed by atoms with E-state index in [9.17, 15) is 4.39 Å². The first-order chi connectivity index (χ1) is 9.85. The van der Waals surface area contributed by atoms with Gasteiger partial charge in [0.25, 0.3) is 0 Å². The van der Waals surface area contributed by atoms with Gasteiger partial charge in [0.2, 0.25) is 0 Å². The third-order valence-electron chi connectivity index (χ3n) is 2.85. The van der Waals surface area contributed by atoms with Gasteiger partial charge in [0, 0.05) is 22.5 Å². The highest BCUT2D eigenvalue weighted by Crippen LogP contribution is 2.28. The summed E-state index contributed by atoms with van der Waals surface area (Å²) in [5, 5.41) is 13.6. The molecule has 2 aromatic rings. The first kappa shape index (κ1) is 16.3. The van der Waals surface area contributed by atoms with Gasteiger partial charge in [0.15, 0.2) is 5.01 Å². The second-order valence-corrected chi connectivity index (χ2v) is 7.40. The topological polar surface area (TPSA) is 37.8 Å². The largest absolute Gasteiger partial charge is 0.312 e. The highest BCUT2D eigenvalue weighted by Gasteiger charge is 2.12. The van der Waals surface area contributed by atoms with Crippen molar-refractivity contribution in [1.82, 2.24) is 15.5 Å². The number of halogens is 2. The molecular weight excluding hydrogens is 309 g/mol. The molecule has 1 aromatic carbocycles. The van der Waals surface area contributed by atoms with E-state index >= 15 is 0 Å². The second kappa shape index (κ2) is 6.81. The van der Waals surface area contributed by atoms with Crippen molar-refractivity contribution in [3.8, 4) is 10.6 Å². The number of hydrogen-bond donors (Lipinski definition) is 1. The first-order valence-electron chi connectivity index (χ1n) is 6.88. The fourth-order valence-electron chi connectivity index (χ4n) is 1.83. The summed E-state index contributed by atoms with van der Waals surface area (Å²) in [7, 11) is 0. The molecule has 2 rings (SSSR count). The molecule has 0 unspecified atom stereocenters. The molecule has 0 spiro atoms. The van der Waals surface area contributed by atoms with Crippen LogP contribution in [-0.4, -0.2) is 22.3 Å². The average molecular weight is 328 g/mol. The molecule has 1 N–H and O–H groups in total. The maximum atomic E-state index is 13.8. The highest BCUT2D eigenvalue weighted by molar-refractivity contribution is 7.14. The second-order valence-electron chi connectivity index (χ2n) is 5.91. The standard InChI is InChI=1S/C15H19ClFN3S/c1-15(2,3)18-8-4-5-13-19-20-14(21-13)11-9-10(16)6-7-12(11)17/h6-7,9,18H,4-5,8H2,1-3H3. The summed E-state index contributed by atoms with van der Waals surface area (Å²) in [4.78, 5) is 0. The lowest BCUT2D eigenvalue weighted by Gasteiger charge is -2.20. The van der Waals surface area contributed by atoms with Gasteiger partial charge in [0.1, 0.15) is 10.8 Å². The maximum Gasteiger partial charge on any atom is 0.150 e. The predicted molar refractivity (Wildman–Crippen MR) is 86.4 cm³/mol. The maximum absolute atomic E-state index is 13.8. The lowest BCUT2D eigenvalue weighted by atomic mass is 10.1. The summed E-state index contributed by atoms with van der Waals surface area (Å²) in [6, 6.07) is 4.47. The SMILES string of the molecule is CC(C)(C)NCCCc1nnc(-c2cc(Cl)ccc2F)s1. The van der Waals surface area contributed by atoms with Crippen LogP contribution in [0.4, 0.5) is 4.39 Å². The van der Waals surface area contributed by atoms with Crippen molar-refractivity contribution in [1.29, 1.82) is 0 Å². The Kier molecular flexibility index (Phi) is 5.30. The van der Waals surface area contributed by atoms with Crippen LogP contribution in [-0.2, 0) is 6.42 Å². The molecule has 0 saturated carbocycles. The van der Waals surface area contributed by atoms with Gasteiger partial charge in [-0.05, 0) is 51.9 Å². The van der Waals surface area contributed by atoms with Crippen molar-refractivity contribution in [2.24, 2.45) is 0 Å². The number of aryl methyl sites for hydroxylation is 1. The molecule has 0 aliphatic carbocycles. The molecule has 0 radical (unpaired) electrons. The van der Waals surface area contributed by atoms with Gasteiger partial charge in [-0.15, -0.1) is 10.2 Å². The Bertz CT molecular complexity index is 607. The van der Waals surface area contributed by atoms with Crippen molar-refractivity contribution in [2.75, 3.05) is 6.54 Å². The third kappa shape index (κ3) is 5.02. The zero-order valence-electron chi connectivity index (χ0n) is 12.4. The summed E-state index contributed by atoms with van der Waals surface area (Å²) in [6.45, 7) is 7.33. The van der Waals surface area contributed by atoms with Gasteiger partial charge in [-0.2, -0.15) is 0 Å². The van der Waals surface area contributed by atoms with Gasteiger partial charge < -0.3 is 5.32 Å². The monoisotopic (exact) mass is 327 g/mol. The summed E-state index contributed by atoms with van der Waals surface area (Å²) < 4.78 is 13.8. The molecule has 21 heavy (non-hydrogen) atoms. The number of hydrogen-bond acceptors (Lipinski definition) is 4. The van der Waals surface area contributed by atoms with E-state index in [2.05, 4.69) is 36.3 Å². The number of benzene rings is 1. The number of nitrogens with one attached hydrogen (secondary N) is 1. The van der Waals surface area contributed by atoms with E-state index in [-0.39, 0.29) is 11.4 Å². The lowest BCUT2D eigenvalue weighted by molar-refractivity contribution is 0.422. The van der Waals surface area contributed by atoms with Crippen LogP contribution >= 0.6 is 22.9 Å². The van der Waals surface area contributed by atoms with E-state index in [1.165, 1.54) is 23.5 Å². The van der Waals surface area contributed by atoms with E-state index in [1.54, 1.807) is 6.07 Å². The van der Waals surface area contributed by atoms with Gasteiger partial charge in [-0.25, -0.2) is 4.39 Å². The lowest BCUT2D eigenvalue weighted by Crippen LogP contribution is -2.36. The predicted octanol–water partition coefficient (Wildman–Crippen LogP) is 4.32. The Hall–Kier alpha value is -1.04. The Morgan fingerprint density at radius 2 is 2.05 bits per heavy atom. The smallest absolute Gasteiger partial charge is 0.150 e. The number of aromatic nitrogens is 2. The number of rotatable bonds is 5. The van der Waals surface area contributed by atoms with E-state index in [1.807, 2.05) is 0 Å². The molecular formula is C15H19ClFN3S. The van der Waals surface area contributed by atoms with Gasteiger partial charge >= 0.3 is 0 Å². The minimum atomic E-state index is -0.323. The van der Waals surface area contributed by atoms with E-state index in [4.69, 9.17) is 11.6 Å². The van der Waals surface area contributed by atoms with Crippen molar-refractivity contribution >= 4 is 22.9 Å². The average Bonchev–Trinajstić information content (AvgIpc) is 2.85. The molecule has 0 saturated heterocycles. The van der Waals surface area contributed by atoms with Crippen LogP contribution < -0.4 is 5.32 Å². The van der Waals surface area contributed by atoms with E-state index in [0.717, 1.165) is 24.4 Å². The molecule has 0 aliphatic rings. The van der Waals surface area contributed by atoms with Crippen molar-refractivity contribution in [3.63, 3.8) is 0 Å². The molecule has 114 valence electrons. The molecule has 1 aromatic heterocycles. The Balaban J connectivity index is 1.97. The molecule has 3 nitrogen and oxygen atoms in total. The van der Waals surface area contributed by atoms with E-state index < -0.39 is 0 Å². The summed E-state index contributed by atoms with van der Waals surface area (Å²) in [5.74, 6) is -0.323. The summed E-state index contributed by atoms with van der Waals surface area (Å²) in [5.41, 5.74) is 0.537. The molecule has 0 aliphatic heterocycles.